The highest BCUT2D eigenvalue weighted by Crippen LogP contribution is 2.21. The lowest BCUT2D eigenvalue weighted by atomic mass is 10.1. The summed E-state index contributed by atoms with van der Waals surface area (Å²) >= 11 is 0. The molecule has 1 aromatic carbocycles. The van der Waals surface area contributed by atoms with Gasteiger partial charge in [-0.1, -0.05) is 18.2 Å². The Kier molecular flexibility index (Phi) is 6.48. The van der Waals surface area contributed by atoms with E-state index >= 15 is 0 Å². The number of amides is 1. The maximum absolute atomic E-state index is 12.6. The number of carbonyl (C=O) groups is 1. The quantitative estimate of drug-likeness (QED) is 0.711. The van der Waals surface area contributed by atoms with Crippen LogP contribution in [-0.4, -0.2) is 55.2 Å². The second kappa shape index (κ2) is 9.03. The van der Waals surface area contributed by atoms with Crippen molar-refractivity contribution in [2.75, 3.05) is 25.4 Å². The third-order valence-electron chi connectivity index (χ3n) is 4.37. The molecule has 8 nitrogen and oxygen atoms in total. The number of benzene rings is 1. The summed E-state index contributed by atoms with van der Waals surface area (Å²) in [6.07, 6.45) is 2.55. The fraction of sp³-hybridized carbons (Fsp3) is 0.368. The van der Waals surface area contributed by atoms with Gasteiger partial charge < -0.3 is 15.2 Å². The van der Waals surface area contributed by atoms with Gasteiger partial charge in [0.1, 0.15) is 29.9 Å². The Bertz CT molecular complexity index is 905. The molecule has 1 unspecified atom stereocenters. The minimum Gasteiger partial charge on any atom is -0.492 e. The van der Waals surface area contributed by atoms with Crippen LogP contribution in [0.25, 0.3) is 0 Å². The molecule has 150 valence electrons. The maximum atomic E-state index is 12.6. The van der Waals surface area contributed by atoms with Crippen LogP contribution in [0.15, 0.2) is 48.7 Å². The number of ether oxygens (including phenoxy) is 2. The van der Waals surface area contributed by atoms with Gasteiger partial charge in [0.15, 0.2) is 0 Å². The number of pyridine rings is 1. The van der Waals surface area contributed by atoms with Crippen molar-refractivity contribution in [3.05, 3.63) is 54.4 Å². The minimum atomic E-state index is -3.46. The predicted octanol–water partition coefficient (Wildman–Crippen LogP) is 1.43. The van der Waals surface area contributed by atoms with Gasteiger partial charge in [0, 0.05) is 18.8 Å². The largest absolute Gasteiger partial charge is 0.492 e. The molecule has 1 aliphatic rings. The Balaban J connectivity index is 1.56. The maximum Gasteiger partial charge on any atom is 0.267 e. The molecule has 1 fully saturated rings. The van der Waals surface area contributed by atoms with E-state index in [1.54, 1.807) is 18.2 Å². The SMILES string of the molecule is NC(=O)c1cc(OC2CCCN(S(=O)(=O)CCOc3ccccc3)C2)ccn1. The molecule has 2 heterocycles. The third kappa shape index (κ3) is 5.43. The predicted molar refractivity (Wildman–Crippen MR) is 104 cm³/mol. The van der Waals surface area contributed by atoms with Crippen LogP contribution in [-0.2, 0) is 10.0 Å². The standard InChI is InChI=1S/C19H23N3O5S/c20-19(23)18-13-16(8-9-21-18)27-17-7-4-10-22(14-17)28(24,25)12-11-26-15-5-2-1-3-6-15/h1-3,5-6,8-9,13,17H,4,7,10-12,14H2,(H2,20,23). The zero-order chi connectivity index (χ0) is 20.0. The van der Waals surface area contributed by atoms with Gasteiger partial charge in [-0.05, 0) is 31.0 Å². The molecule has 9 heteroatoms. The summed E-state index contributed by atoms with van der Waals surface area (Å²) in [5, 5.41) is 0. The molecular formula is C19H23N3O5S. The Hall–Kier alpha value is -2.65. The highest BCUT2D eigenvalue weighted by Gasteiger charge is 2.30. The lowest BCUT2D eigenvalue weighted by Gasteiger charge is -2.32. The zero-order valence-electron chi connectivity index (χ0n) is 15.4. The van der Waals surface area contributed by atoms with Gasteiger partial charge in [0.2, 0.25) is 10.0 Å². The van der Waals surface area contributed by atoms with Crippen molar-refractivity contribution in [2.24, 2.45) is 5.73 Å². The molecule has 0 radical (unpaired) electrons. The molecule has 2 N–H and O–H groups in total. The Morgan fingerprint density at radius 2 is 2.00 bits per heavy atom. The Morgan fingerprint density at radius 3 is 2.75 bits per heavy atom. The monoisotopic (exact) mass is 405 g/mol. The van der Waals surface area contributed by atoms with Gasteiger partial charge in [-0.25, -0.2) is 8.42 Å². The smallest absolute Gasteiger partial charge is 0.267 e. The average Bonchev–Trinajstić information content (AvgIpc) is 2.69. The molecule has 28 heavy (non-hydrogen) atoms. The van der Waals surface area contributed by atoms with Crippen LogP contribution in [0.4, 0.5) is 0 Å². The summed E-state index contributed by atoms with van der Waals surface area (Å²) in [4.78, 5) is 15.1. The first-order chi connectivity index (χ1) is 13.4. The Morgan fingerprint density at radius 1 is 1.21 bits per heavy atom. The Labute approximate surface area is 164 Å². The van der Waals surface area contributed by atoms with Crippen molar-refractivity contribution < 1.29 is 22.7 Å². The van der Waals surface area contributed by atoms with Crippen LogP contribution in [0.1, 0.15) is 23.3 Å². The van der Waals surface area contributed by atoms with Crippen molar-refractivity contribution in [3.63, 3.8) is 0 Å². The zero-order valence-corrected chi connectivity index (χ0v) is 16.2. The summed E-state index contributed by atoms with van der Waals surface area (Å²) in [6.45, 7) is 0.791. The number of rotatable bonds is 8. The average molecular weight is 405 g/mol. The molecule has 1 amide bonds. The number of para-hydroxylation sites is 1. The summed E-state index contributed by atoms with van der Waals surface area (Å²) < 4.78 is 38.1. The van der Waals surface area contributed by atoms with Crippen molar-refractivity contribution in [2.45, 2.75) is 18.9 Å². The summed E-state index contributed by atoms with van der Waals surface area (Å²) in [6, 6.07) is 12.2. The van der Waals surface area contributed by atoms with Gasteiger partial charge >= 0.3 is 0 Å². The number of carbonyl (C=O) groups excluding carboxylic acids is 1. The van der Waals surface area contributed by atoms with E-state index in [9.17, 15) is 13.2 Å². The van der Waals surface area contributed by atoms with Gasteiger partial charge in [-0.3, -0.25) is 9.78 Å². The van der Waals surface area contributed by atoms with Gasteiger partial charge in [0.05, 0.1) is 12.3 Å². The molecule has 0 aliphatic carbocycles. The lowest BCUT2D eigenvalue weighted by molar-refractivity contribution is 0.0993. The number of piperidine rings is 1. The van der Waals surface area contributed by atoms with Crippen molar-refractivity contribution in [1.29, 1.82) is 0 Å². The first kappa shape index (κ1) is 20.1. The normalized spacial score (nSPS) is 17.8. The van der Waals surface area contributed by atoms with E-state index in [4.69, 9.17) is 15.2 Å². The highest BCUT2D eigenvalue weighted by atomic mass is 32.2. The molecule has 0 spiro atoms. The second-order valence-corrected chi connectivity index (χ2v) is 8.55. The number of hydrogen-bond donors (Lipinski definition) is 1. The number of nitrogens with zero attached hydrogens (tertiary/aromatic N) is 2. The van der Waals surface area contributed by atoms with E-state index in [-0.39, 0.29) is 30.7 Å². The van der Waals surface area contributed by atoms with Crippen molar-refractivity contribution >= 4 is 15.9 Å². The third-order valence-corrected chi connectivity index (χ3v) is 6.18. The first-order valence-corrected chi connectivity index (χ1v) is 10.6. The molecule has 1 atom stereocenters. The van der Waals surface area contributed by atoms with Crippen LogP contribution in [0, 0.1) is 0 Å². The fourth-order valence-corrected chi connectivity index (χ4v) is 4.33. The van der Waals surface area contributed by atoms with E-state index in [2.05, 4.69) is 4.98 Å². The van der Waals surface area contributed by atoms with E-state index in [0.29, 0.717) is 24.5 Å². The molecule has 1 aliphatic heterocycles. The van der Waals surface area contributed by atoms with E-state index in [1.807, 2.05) is 18.2 Å². The summed E-state index contributed by atoms with van der Waals surface area (Å²) in [5.74, 6) is 0.341. The number of nitrogens with two attached hydrogens (primary N) is 1. The van der Waals surface area contributed by atoms with Gasteiger partial charge in [-0.15, -0.1) is 0 Å². The summed E-state index contributed by atoms with van der Waals surface area (Å²) in [5.41, 5.74) is 5.33. The highest BCUT2D eigenvalue weighted by molar-refractivity contribution is 7.89. The fourth-order valence-electron chi connectivity index (χ4n) is 2.98. The van der Waals surface area contributed by atoms with E-state index < -0.39 is 15.9 Å². The van der Waals surface area contributed by atoms with Crippen molar-refractivity contribution in [1.82, 2.24) is 9.29 Å². The number of primary amides is 1. The molecule has 0 bridgehead atoms. The summed E-state index contributed by atoms with van der Waals surface area (Å²) in [7, 11) is -3.46. The topological polar surface area (TPSA) is 112 Å². The molecule has 3 rings (SSSR count). The lowest BCUT2D eigenvalue weighted by Crippen LogP contribution is -2.45. The molecule has 1 aromatic heterocycles. The minimum absolute atomic E-state index is 0.0840. The molecule has 1 saturated heterocycles. The van der Waals surface area contributed by atoms with Crippen molar-refractivity contribution in [3.8, 4) is 11.5 Å². The van der Waals surface area contributed by atoms with Crippen LogP contribution in [0.5, 0.6) is 11.5 Å². The van der Waals surface area contributed by atoms with E-state index in [0.717, 1.165) is 6.42 Å². The number of aromatic nitrogens is 1. The molecule has 2 aromatic rings. The van der Waals surface area contributed by atoms with Crippen LogP contribution in [0.3, 0.4) is 0 Å². The molecular weight excluding hydrogens is 382 g/mol. The second-order valence-electron chi connectivity index (χ2n) is 6.46. The van der Waals surface area contributed by atoms with Gasteiger partial charge in [0.25, 0.3) is 5.91 Å². The molecule has 0 saturated carbocycles. The van der Waals surface area contributed by atoms with Crippen LogP contribution < -0.4 is 15.2 Å². The van der Waals surface area contributed by atoms with Crippen LogP contribution >= 0.6 is 0 Å². The number of hydrogen-bond acceptors (Lipinski definition) is 6. The van der Waals surface area contributed by atoms with Gasteiger partial charge in [-0.2, -0.15) is 4.31 Å². The van der Waals surface area contributed by atoms with E-state index in [1.165, 1.54) is 16.6 Å². The first-order valence-electron chi connectivity index (χ1n) is 9.02. The number of sulfonamides is 1. The van der Waals surface area contributed by atoms with Crippen LogP contribution in [0.2, 0.25) is 0 Å².